The van der Waals surface area contributed by atoms with Crippen molar-refractivity contribution in [3.63, 3.8) is 0 Å². The van der Waals surface area contributed by atoms with Crippen LogP contribution in [0.5, 0.6) is 0 Å². The fraction of sp³-hybridized carbons (Fsp3) is 0.333. The van der Waals surface area contributed by atoms with Crippen LogP contribution in [0.2, 0.25) is 12.6 Å². The molecule has 2 unspecified atom stereocenters. The number of benzene rings is 2. The van der Waals surface area contributed by atoms with E-state index in [1.54, 1.807) is 12.1 Å². The molecule has 4 N–H and O–H groups in total. The molecule has 0 amide bonds. The van der Waals surface area contributed by atoms with Crippen molar-refractivity contribution in [2.45, 2.75) is 45.4 Å². The van der Waals surface area contributed by atoms with Gasteiger partial charge < -0.3 is 24.9 Å². The number of carboxylic acids is 4. The van der Waals surface area contributed by atoms with Gasteiger partial charge in [-0.1, -0.05) is 26.0 Å². The average Bonchev–Trinajstić information content (AvgIpc) is 2.75. The molecule has 2 aromatic rings. The molecule has 10 heteroatoms. The van der Waals surface area contributed by atoms with Gasteiger partial charge in [-0.05, 0) is 66.4 Å². The second-order valence-corrected chi connectivity index (χ2v) is 13.2. The summed E-state index contributed by atoms with van der Waals surface area (Å²) in [6, 6.07) is 8.95. The lowest BCUT2D eigenvalue weighted by Gasteiger charge is -2.54. The Balaban J connectivity index is 2.15. The van der Waals surface area contributed by atoms with Crippen molar-refractivity contribution in [1.82, 2.24) is 0 Å². The Bertz CT molecular complexity index is 1220. The molecular formula is C24H26O9Si. The van der Waals surface area contributed by atoms with Gasteiger partial charge in [0.2, 0.25) is 8.32 Å². The van der Waals surface area contributed by atoms with Crippen LogP contribution in [-0.4, -0.2) is 52.6 Å². The van der Waals surface area contributed by atoms with Crippen LogP contribution in [0.15, 0.2) is 36.4 Å². The number of rotatable bonds is 6. The topological polar surface area (TPSA) is 158 Å². The Kier molecular flexibility index (Phi) is 6.19. The summed E-state index contributed by atoms with van der Waals surface area (Å²) in [6.07, 6.45) is 0.665. The fourth-order valence-corrected chi connectivity index (χ4v) is 8.31. The molecule has 0 spiro atoms. The summed E-state index contributed by atoms with van der Waals surface area (Å²) in [6.45, 7) is 7.68. The van der Waals surface area contributed by atoms with Gasteiger partial charge in [-0.3, -0.25) is 0 Å². The Morgan fingerprint density at radius 2 is 1.24 bits per heavy atom. The first-order valence-corrected chi connectivity index (χ1v) is 13.2. The minimum absolute atomic E-state index is 0.317. The highest BCUT2D eigenvalue weighted by Crippen LogP contribution is 2.52. The molecule has 180 valence electrons. The summed E-state index contributed by atoms with van der Waals surface area (Å²) in [5, 5.41) is 38.4. The molecule has 2 aromatic carbocycles. The standard InChI is InChI=1S/C24H26O9Si/c1-23(2)9-10-34(4,14-6-8-16(20(27)28)18(12-14)22(31)32)33-24(23,3)13-5-7-15(19(25)26)17(11-13)21(29)30/h5-8,11-12H,9-10H2,1-4H3,(H,25,26)(H,27,28)(H,29,30)(H,31,32). The number of hydrogen-bond acceptors (Lipinski definition) is 5. The summed E-state index contributed by atoms with van der Waals surface area (Å²) in [4.78, 5) is 46.4. The highest BCUT2D eigenvalue weighted by Gasteiger charge is 2.54. The minimum atomic E-state index is -2.85. The molecular weight excluding hydrogens is 460 g/mol. The zero-order valence-electron chi connectivity index (χ0n) is 19.2. The van der Waals surface area contributed by atoms with Gasteiger partial charge in [0.25, 0.3) is 0 Å². The van der Waals surface area contributed by atoms with Crippen LogP contribution in [0.25, 0.3) is 0 Å². The molecule has 3 rings (SSSR count). The van der Waals surface area contributed by atoms with Gasteiger partial charge >= 0.3 is 23.9 Å². The summed E-state index contributed by atoms with van der Waals surface area (Å²) in [7, 11) is -2.85. The molecule has 34 heavy (non-hydrogen) atoms. The number of carbonyl (C=O) groups is 4. The fourth-order valence-electron chi connectivity index (χ4n) is 4.52. The van der Waals surface area contributed by atoms with E-state index in [1.165, 1.54) is 24.3 Å². The first kappa shape index (κ1) is 25.1. The number of carboxylic acid groups (broad SMARTS) is 4. The van der Waals surface area contributed by atoms with Crippen molar-refractivity contribution >= 4 is 37.4 Å². The zero-order chi connectivity index (χ0) is 25.6. The molecule has 0 saturated carbocycles. The van der Waals surface area contributed by atoms with Gasteiger partial charge in [-0.2, -0.15) is 0 Å². The van der Waals surface area contributed by atoms with Gasteiger partial charge in [-0.25, -0.2) is 19.2 Å². The maximum Gasteiger partial charge on any atom is 0.336 e. The molecule has 2 atom stereocenters. The van der Waals surface area contributed by atoms with E-state index in [0.29, 0.717) is 23.2 Å². The molecule has 0 radical (unpaired) electrons. The Morgan fingerprint density at radius 1 is 0.765 bits per heavy atom. The lowest BCUT2D eigenvalue weighted by Crippen LogP contribution is -2.61. The van der Waals surface area contributed by atoms with Gasteiger partial charge in [0, 0.05) is 0 Å². The van der Waals surface area contributed by atoms with Crippen molar-refractivity contribution in [2.24, 2.45) is 5.41 Å². The third kappa shape index (κ3) is 4.10. The number of hydrogen-bond donors (Lipinski definition) is 4. The van der Waals surface area contributed by atoms with Crippen molar-refractivity contribution in [2.75, 3.05) is 0 Å². The SMILES string of the molecule is CC1(C)CC[Si](C)(c2ccc(C(=O)O)c(C(=O)O)c2)OC1(C)c1ccc(C(=O)O)c(C(=O)O)c1. The molecule has 0 bridgehead atoms. The third-order valence-electron chi connectivity index (χ3n) is 7.07. The zero-order valence-corrected chi connectivity index (χ0v) is 20.2. The summed E-state index contributed by atoms with van der Waals surface area (Å²) < 4.78 is 6.78. The Hall–Kier alpha value is -3.50. The highest BCUT2D eigenvalue weighted by atomic mass is 28.4. The number of aromatic carboxylic acids is 4. The summed E-state index contributed by atoms with van der Waals surface area (Å²) in [5.41, 5.74) is -2.32. The van der Waals surface area contributed by atoms with Crippen LogP contribution >= 0.6 is 0 Å². The average molecular weight is 487 g/mol. The maximum absolute atomic E-state index is 11.8. The van der Waals surface area contributed by atoms with Crippen LogP contribution in [0.4, 0.5) is 0 Å². The van der Waals surface area contributed by atoms with Gasteiger partial charge in [0.05, 0.1) is 27.9 Å². The van der Waals surface area contributed by atoms with Crippen LogP contribution in [0.3, 0.4) is 0 Å². The molecule has 1 fully saturated rings. The van der Waals surface area contributed by atoms with Crippen molar-refractivity contribution in [3.05, 3.63) is 64.2 Å². The third-order valence-corrected chi connectivity index (χ3v) is 10.7. The lowest BCUT2D eigenvalue weighted by molar-refractivity contribution is -0.0591. The van der Waals surface area contributed by atoms with E-state index in [4.69, 9.17) is 4.43 Å². The van der Waals surface area contributed by atoms with Gasteiger partial charge in [0.1, 0.15) is 0 Å². The highest BCUT2D eigenvalue weighted by molar-refractivity contribution is 6.85. The van der Waals surface area contributed by atoms with Crippen LogP contribution in [0, 0.1) is 5.41 Å². The van der Waals surface area contributed by atoms with Crippen LogP contribution in [0.1, 0.15) is 74.2 Å². The van der Waals surface area contributed by atoms with E-state index in [9.17, 15) is 39.6 Å². The van der Waals surface area contributed by atoms with Gasteiger partial charge in [-0.15, -0.1) is 0 Å². The van der Waals surface area contributed by atoms with Crippen LogP contribution < -0.4 is 5.19 Å². The lowest BCUT2D eigenvalue weighted by atomic mass is 9.70. The molecule has 0 aliphatic carbocycles. The van der Waals surface area contributed by atoms with E-state index in [-0.39, 0.29) is 22.3 Å². The van der Waals surface area contributed by atoms with Crippen LogP contribution in [-0.2, 0) is 10.0 Å². The largest absolute Gasteiger partial charge is 0.478 e. The maximum atomic E-state index is 11.8. The molecule has 1 heterocycles. The van der Waals surface area contributed by atoms with Crippen molar-refractivity contribution in [1.29, 1.82) is 0 Å². The normalized spacial score (nSPS) is 23.8. The first-order chi connectivity index (χ1) is 15.6. The molecule has 1 saturated heterocycles. The quantitative estimate of drug-likeness (QED) is 0.447. The van der Waals surface area contributed by atoms with E-state index < -0.39 is 43.2 Å². The second-order valence-electron chi connectivity index (χ2n) is 9.49. The van der Waals surface area contributed by atoms with E-state index in [1.807, 2.05) is 27.3 Å². The second kappa shape index (κ2) is 8.37. The van der Waals surface area contributed by atoms with Crippen molar-refractivity contribution < 1.29 is 44.0 Å². The Labute approximate surface area is 196 Å². The molecule has 1 aliphatic heterocycles. The van der Waals surface area contributed by atoms with E-state index >= 15 is 0 Å². The summed E-state index contributed by atoms with van der Waals surface area (Å²) in [5.74, 6) is -5.42. The molecule has 1 aliphatic rings. The smallest absolute Gasteiger partial charge is 0.336 e. The summed E-state index contributed by atoms with van der Waals surface area (Å²) >= 11 is 0. The Morgan fingerprint density at radius 3 is 1.74 bits per heavy atom. The predicted molar refractivity (Wildman–Crippen MR) is 124 cm³/mol. The molecule has 9 nitrogen and oxygen atoms in total. The van der Waals surface area contributed by atoms with E-state index in [0.717, 1.165) is 0 Å². The van der Waals surface area contributed by atoms with Crippen molar-refractivity contribution in [3.8, 4) is 0 Å². The molecule has 0 aromatic heterocycles. The van der Waals surface area contributed by atoms with E-state index in [2.05, 4.69) is 0 Å². The first-order valence-electron chi connectivity index (χ1n) is 10.6. The minimum Gasteiger partial charge on any atom is -0.478 e. The van der Waals surface area contributed by atoms with Gasteiger partial charge in [0.15, 0.2) is 0 Å². The predicted octanol–water partition coefficient (Wildman–Crippen LogP) is 3.62. The monoisotopic (exact) mass is 486 g/mol.